The third-order valence-electron chi connectivity index (χ3n) is 2.91. The van der Waals surface area contributed by atoms with Gasteiger partial charge in [0, 0.05) is 15.7 Å². The molecule has 2 aromatic carbocycles. The molecule has 2 aromatic rings. The molecular formula is C15H13Br2NO3. The molecule has 21 heavy (non-hydrogen) atoms. The van der Waals surface area contributed by atoms with Crippen LogP contribution in [-0.4, -0.2) is 20.0 Å². The minimum Gasteiger partial charge on any atom is -0.495 e. The summed E-state index contributed by atoms with van der Waals surface area (Å²) in [4.78, 5) is 12.7. The van der Waals surface area contributed by atoms with Gasteiger partial charge in [-0.3, -0.25) is 4.79 Å². The molecule has 0 radical (unpaired) electrons. The molecule has 0 spiro atoms. The van der Waals surface area contributed by atoms with Gasteiger partial charge in [-0.25, -0.2) is 0 Å². The molecule has 2 N–H and O–H groups in total. The van der Waals surface area contributed by atoms with Gasteiger partial charge in [0.2, 0.25) is 0 Å². The number of methoxy groups -OCH3 is 2. The summed E-state index contributed by atoms with van der Waals surface area (Å²) >= 11 is 6.72. The van der Waals surface area contributed by atoms with Crippen molar-refractivity contribution in [2.24, 2.45) is 0 Å². The molecule has 0 aliphatic carbocycles. The van der Waals surface area contributed by atoms with Crippen molar-refractivity contribution in [3.05, 3.63) is 50.4 Å². The van der Waals surface area contributed by atoms with E-state index in [1.54, 1.807) is 37.4 Å². The highest BCUT2D eigenvalue weighted by Crippen LogP contribution is 2.38. The molecule has 0 saturated carbocycles. The summed E-state index contributed by atoms with van der Waals surface area (Å²) in [5.74, 6) is 0.846. The molecule has 0 amide bonds. The van der Waals surface area contributed by atoms with Gasteiger partial charge in [0.25, 0.3) is 0 Å². The van der Waals surface area contributed by atoms with Gasteiger partial charge in [0.15, 0.2) is 5.78 Å². The Bertz CT molecular complexity index is 681. The van der Waals surface area contributed by atoms with E-state index < -0.39 is 0 Å². The zero-order valence-corrected chi connectivity index (χ0v) is 14.6. The zero-order valence-electron chi connectivity index (χ0n) is 11.4. The highest BCUT2D eigenvalue weighted by molar-refractivity contribution is 9.11. The topological polar surface area (TPSA) is 61.5 Å². The highest BCUT2D eigenvalue weighted by Gasteiger charge is 2.20. The number of halogens is 2. The molecule has 0 heterocycles. The number of carbonyl (C=O) groups excluding carboxylic acids is 1. The van der Waals surface area contributed by atoms with Crippen LogP contribution in [0.1, 0.15) is 15.9 Å². The van der Waals surface area contributed by atoms with Crippen molar-refractivity contribution in [3.63, 3.8) is 0 Å². The van der Waals surface area contributed by atoms with Gasteiger partial charge in [0.1, 0.15) is 16.0 Å². The van der Waals surface area contributed by atoms with Crippen molar-refractivity contribution in [1.82, 2.24) is 0 Å². The van der Waals surface area contributed by atoms with Crippen LogP contribution in [0, 0.1) is 0 Å². The maximum atomic E-state index is 12.7. The minimum absolute atomic E-state index is 0.178. The monoisotopic (exact) mass is 413 g/mol. The first-order chi connectivity index (χ1) is 9.97. The Hall–Kier alpha value is -1.53. The number of hydrogen-bond acceptors (Lipinski definition) is 4. The van der Waals surface area contributed by atoms with E-state index in [0.29, 0.717) is 32.8 Å². The van der Waals surface area contributed by atoms with Crippen LogP contribution >= 0.6 is 31.9 Å². The first kappa shape index (κ1) is 15.9. The molecule has 0 bridgehead atoms. The third-order valence-corrected chi connectivity index (χ3v) is 4.12. The van der Waals surface area contributed by atoms with Gasteiger partial charge in [-0.2, -0.15) is 0 Å². The smallest absolute Gasteiger partial charge is 0.196 e. The first-order valence-electron chi connectivity index (χ1n) is 5.99. The summed E-state index contributed by atoms with van der Waals surface area (Å²) < 4.78 is 11.9. The second kappa shape index (κ2) is 6.49. The molecule has 4 nitrogen and oxygen atoms in total. The van der Waals surface area contributed by atoms with E-state index in [1.165, 1.54) is 7.11 Å². The lowest BCUT2D eigenvalue weighted by Gasteiger charge is -2.13. The number of rotatable bonds is 4. The zero-order chi connectivity index (χ0) is 15.6. The fourth-order valence-corrected chi connectivity index (χ4v) is 3.15. The van der Waals surface area contributed by atoms with Crippen molar-refractivity contribution in [2.75, 3.05) is 20.0 Å². The fourth-order valence-electron chi connectivity index (χ4n) is 1.97. The molecule has 0 saturated heterocycles. The molecule has 2 rings (SSSR count). The quantitative estimate of drug-likeness (QED) is 0.605. The van der Waals surface area contributed by atoms with Gasteiger partial charge >= 0.3 is 0 Å². The third kappa shape index (κ3) is 3.22. The van der Waals surface area contributed by atoms with Crippen molar-refractivity contribution in [2.45, 2.75) is 0 Å². The Labute approximate surface area is 139 Å². The van der Waals surface area contributed by atoms with Crippen molar-refractivity contribution < 1.29 is 14.3 Å². The van der Waals surface area contributed by atoms with Crippen LogP contribution in [0.4, 0.5) is 5.69 Å². The Kier molecular flexibility index (Phi) is 4.90. The Balaban J connectivity index is 2.55. The van der Waals surface area contributed by atoms with E-state index in [1.807, 2.05) is 0 Å². The number of nitrogens with two attached hydrogens (primary N) is 1. The number of anilines is 1. The maximum absolute atomic E-state index is 12.7. The van der Waals surface area contributed by atoms with E-state index in [4.69, 9.17) is 15.2 Å². The minimum atomic E-state index is -0.178. The second-order valence-corrected chi connectivity index (χ2v) is 5.97. The van der Waals surface area contributed by atoms with Gasteiger partial charge in [0.05, 0.1) is 19.8 Å². The van der Waals surface area contributed by atoms with E-state index in [2.05, 4.69) is 31.9 Å². The van der Waals surface area contributed by atoms with Crippen molar-refractivity contribution in [3.8, 4) is 11.5 Å². The van der Waals surface area contributed by atoms with Crippen LogP contribution in [0.5, 0.6) is 11.5 Å². The van der Waals surface area contributed by atoms with Crippen LogP contribution in [0.2, 0.25) is 0 Å². The summed E-state index contributed by atoms with van der Waals surface area (Å²) in [7, 11) is 3.06. The van der Waals surface area contributed by atoms with Crippen molar-refractivity contribution in [1.29, 1.82) is 0 Å². The van der Waals surface area contributed by atoms with Crippen LogP contribution in [0.15, 0.2) is 39.3 Å². The average molecular weight is 415 g/mol. The first-order valence-corrected chi connectivity index (χ1v) is 7.57. The van der Waals surface area contributed by atoms with Gasteiger partial charge in [-0.1, -0.05) is 15.9 Å². The van der Waals surface area contributed by atoms with Crippen LogP contribution in [0.3, 0.4) is 0 Å². The largest absolute Gasteiger partial charge is 0.495 e. The molecule has 0 aromatic heterocycles. The lowest BCUT2D eigenvalue weighted by molar-refractivity contribution is 0.103. The lowest BCUT2D eigenvalue weighted by atomic mass is 10.0. The number of carbonyl (C=O) groups is 1. The summed E-state index contributed by atoms with van der Waals surface area (Å²) in [5.41, 5.74) is 7.21. The number of benzene rings is 2. The standard InChI is InChI=1S/C15H13Br2NO3/c1-20-12-4-3-11(15(21-2)13(12)17)14(19)8-5-9(16)7-10(18)6-8/h3-7H,18H2,1-2H3. The van der Waals surface area contributed by atoms with E-state index in [0.717, 1.165) is 4.47 Å². The van der Waals surface area contributed by atoms with Crippen molar-refractivity contribution >= 4 is 43.3 Å². The molecular weight excluding hydrogens is 402 g/mol. The van der Waals surface area contributed by atoms with Crippen LogP contribution in [-0.2, 0) is 0 Å². The molecule has 0 aliphatic rings. The van der Waals surface area contributed by atoms with E-state index >= 15 is 0 Å². The second-order valence-electron chi connectivity index (χ2n) is 4.26. The summed E-state index contributed by atoms with van der Waals surface area (Å²) in [6.07, 6.45) is 0. The molecule has 0 unspecified atom stereocenters. The normalized spacial score (nSPS) is 10.3. The Morgan fingerprint density at radius 1 is 1.10 bits per heavy atom. The number of nitrogen functional groups attached to an aromatic ring is 1. The van der Waals surface area contributed by atoms with E-state index in [-0.39, 0.29) is 5.78 Å². The van der Waals surface area contributed by atoms with Gasteiger partial charge < -0.3 is 15.2 Å². The van der Waals surface area contributed by atoms with Crippen LogP contribution < -0.4 is 15.2 Å². The summed E-state index contributed by atoms with van der Waals surface area (Å²) in [6.45, 7) is 0. The van der Waals surface area contributed by atoms with Crippen LogP contribution in [0.25, 0.3) is 0 Å². The number of ether oxygens (including phenoxy) is 2. The average Bonchev–Trinajstić information content (AvgIpc) is 2.45. The molecule has 110 valence electrons. The van der Waals surface area contributed by atoms with Gasteiger partial charge in [-0.15, -0.1) is 0 Å². The highest BCUT2D eigenvalue weighted by atomic mass is 79.9. The molecule has 6 heteroatoms. The lowest BCUT2D eigenvalue weighted by Crippen LogP contribution is -2.06. The Morgan fingerprint density at radius 2 is 1.81 bits per heavy atom. The fraction of sp³-hybridized carbons (Fsp3) is 0.133. The Morgan fingerprint density at radius 3 is 2.38 bits per heavy atom. The SMILES string of the molecule is COc1ccc(C(=O)c2cc(N)cc(Br)c2)c(OC)c1Br. The maximum Gasteiger partial charge on any atom is 0.196 e. The predicted octanol–water partition coefficient (Wildman–Crippen LogP) is 4.04. The number of hydrogen-bond donors (Lipinski definition) is 1. The van der Waals surface area contributed by atoms with Gasteiger partial charge in [-0.05, 0) is 46.3 Å². The summed E-state index contributed by atoms with van der Waals surface area (Å²) in [5, 5.41) is 0. The molecule has 0 fully saturated rings. The molecule has 0 atom stereocenters. The van der Waals surface area contributed by atoms with E-state index in [9.17, 15) is 4.79 Å². The summed E-state index contributed by atoms with van der Waals surface area (Å²) in [6, 6.07) is 8.46. The number of ketones is 1. The predicted molar refractivity (Wildman–Crippen MR) is 89.2 cm³/mol. The molecule has 0 aliphatic heterocycles.